The molecule has 0 saturated heterocycles. The van der Waals surface area contributed by atoms with Crippen molar-refractivity contribution in [3.8, 4) is 0 Å². The van der Waals surface area contributed by atoms with Crippen molar-refractivity contribution in [1.82, 2.24) is 0 Å². The lowest BCUT2D eigenvalue weighted by Gasteiger charge is -2.06. The zero-order chi connectivity index (χ0) is 17.6. The first-order valence-corrected chi connectivity index (χ1v) is 7.10. The topological polar surface area (TPSA) is 26.3 Å². The van der Waals surface area contributed by atoms with Gasteiger partial charge in [0.1, 0.15) is 0 Å². The Balaban J connectivity index is 2.25. The van der Waals surface area contributed by atoms with E-state index in [1.165, 1.54) is 25.3 Å². The summed E-state index contributed by atoms with van der Waals surface area (Å²) in [4.78, 5) is 11.8. The summed E-state index contributed by atoms with van der Waals surface area (Å²) in [5, 5.41) is 0. The van der Waals surface area contributed by atoms with E-state index >= 15 is 0 Å². The summed E-state index contributed by atoms with van der Waals surface area (Å²) in [5.74, 6) is -0.526. The van der Waals surface area contributed by atoms with E-state index in [0.717, 1.165) is 17.7 Å². The van der Waals surface area contributed by atoms with Gasteiger partial charge in [-0.25, -0.2) is 4.79 Å². The number of rotatable bonds is 4. The number of hydrogen-bond donors (Lipinski definition) is 0. The first-order chi connectivity index (χ1) is 11.4. The molecule has 2 nitrogen and oxygen atoms in total. The van der Waals surface area contributed by atoms with Gasteiger partial charge in [0.15, 0.2) is 0 Å². The highest BCUT2D eigenvalue weighted by atomic mass is 19.4. The molecule has 0 atom stereocenters. The maximum Gasteiger partial charge on any atom is 0.416 e. The summed E-state index contributed by atoms with van der Waals surface area (Å²) in [6.07, 6.45) is 0.353. The number of ether oxygens (including phenoxy) is 1. The van der Waals surface area contributed by atoms with Crippen LogP contribution in [0.1, 0.15) is 16.7 Å². The Morgan fingerprint density at radius 1 is 0.958 bits per heavy atom. The normalized spacial score (nSPS) is 12.4. The first-order valence-electron chi connectivity index (χ1n) is 7.10. The Hall–Kier alpha value is -2.82. The second kappa shape index (κ2) is 7.64. The number of carbonyl (C=O) groups excluding carboxylic acids is 1. The summed E-state index contributed by atoms with van der Waals surface area (Å²) in [6, 6.07) is 13.9. The molecule has 0 aliphatic heterocycles. The van der Waals surface area contributed by atoms with E-state index in [1.54, 1.807) is 12.2 Å². The van der Waals surface area contributed by atoms with E-state index in [0.29, 0.717) is 11.1 Å². The van der Waals surface area contributed by atoms with E-state index in [-0.39, 0.29) is 0 Å². The molecule has 0 heterocycles. The Morgan fingerprint density at radius 3 is 2.12 bits per heavy atom. The van der Waals surface area contributed by atoms with Crippen LogP contribution >= 0.6 is 0 Å². The number of esters is 1. The average Bonchev–Trinajstić information content (AvgIpc) is 2.58. The maximum atomic E-state index is 12.5. The summed E-state index contributed by atoms with van der Waals surface area (Å²) in [6.45, 7) is 0. The summed E-state index contributed by atoms with van der Waals surface area (Å²) < 4.78 is 42.3. The Bertz CT molecular complexity index is 742. The summed E-state index contributed by atoms with van der Waals surface area (Å²) >= 11 is 0. The number of benzene rings is 2. The summed E-state index contributed by atoms with van der Waals surface area (Å²) in [5.41, 5.74) is 0.942. The van der Waals surface area contributed by atoms with Gasteiger partial charge in [-0.15, -0.1) is 0 Å². The minimum absolute atomic E-state index is 0.295. The van der Waals surface area contributed by atoms with Crippen molar-refractivity contribution in [2.45, 2.75) is 6.18 Å². The van der Waals surface area contributed by atoms with E-state index < -0.39 is 17.7 Å². The zero-order valence-corrected chi connectivity index (χ0v) is 12.9. The van der Waals surface area contributed by atoms with Gasteiger partial charge in [-0.3, -0.25) is 0 Å². The highest BCUT2D eigenvalue weighted by Gasteiger charge is 2.29. The SMILES string of the molecule is COC(=O)C(=C\c1ccccc1)/C=C/c1ccc(C(F)(F)F)cc1. The fourth-order valence-electron chi connectivity index (χ4n) is 1.99. The fraction of sp³-hybridized carbons (Fsp3) is 0.105. The van der Waals surface area contributed by atoms with Crippen LogP contribution in [0.15, 0.2) is 66.2 Å². The van der Waals surface area contributed by atoms with Gasteiger partial charge in [-0.05, 0) is 35.4 Å². The number of halogens is 3. The largest absolute Gasteiger partial charge is 0.465 e. The van der Waals surface area contributed by atoms with E-state index in [1.807, 2.05) is 30.3 Å². The standard InChI is InChI=1S/C19H15F3O2/c1-24-18(23)16(13-15-5-3-2-4-6-15)10-7-14-8-11-17(12-9-14)19(20,21)22/h2-13H,1H3/b10-7+,16-13-. The molecular formula is C19H15F3O2. The molecule has 2 aromatic carbocycles. The number of carbonyl (C=O) groups is 1. The third kappa shape index (κ3) is 4.84. The molecule has 0 spiro atoms. The predicted molar refractivity (Wildman–Crippen MR) is 86.9 cm³/mol. The van der Waals surface area contributed by atoms with Crippen LogP contribution < -0.4 is 0 Å². The molecular weight excluding hydrogens is 317 g/mol. The molecule has 0 unspecified atom stereocenters. The predicted octanol–water partition coefficient (Wildman–Crippen LogP) is 4.98. The van der Waals surface area contributed by atoms with Gasteiger partial charge in [0.25, 0.3) is 0 Å². The van der Waals surface area contributed by atoms with Gasteiger partial charge >= 0.3 is 12.1 Å². The van der Waals surface area contributed by atoms with Crippen molar-refractivity contribution in [3.63, 3.8) is 0 Å². The fourth-order valence-corrected chi connectivity index (χ4v) is 1.99. The summed E-state index contributed by atoms with van der Waals surface area (Å²) in [7, 11) is 1.27. The molecule has 5 heteroatoms. The molecule has 0 aliphatic rings. The molecule has 0 aromatic heterocycles. The molecule has 0 N–H and O–H groups in total. The van der Waals surface area contributed by atoms with Gasteiger partial charge in [0.05, 0.1) is 18.2 Å². The van der Waals surface area contributed by atoms with Crippen LogP contribution in [0.25, 0.3) is 12.2 Å². The molecule has 24 heavy (non-hydrogen) atoms. The smallest absolute Gasteiger partial charge is 0.416 e. The van der Waals surface area contributed by atoms with E-state index in [9.17, 15) is 18.0 Å². The molecule has 0 radical (unpaired) electrons. The van der Waals surface area contributed by atoms with Gasteiger partial charge in [-0.2, -0.15) is 13.2 Å². The second-order valence-corrected chi connectivity index (χ2v) is 4.96. The molecule has 2 aromatic rings. The van der Waals surface area contributed by atoms with Crippen LogP contribution in [0.5, 0.6) is 0 Å². The van der Waals surface area contributed by atoms with Gasteiger partial charge in [0, 0.05) is 0 Å². The molecule has 0 saturated carbocycles. The van der Waals surface area contributed by atoms with Crippen LogP contribution in [-0.2, 0) is 15.7 Å². The molecule has 0 bridgehead atoms. The Kier molecular flexibility index (Phi) is 5.58. The minimum Gasteiger partial charge on any atom is -0.465 e. The van der Waals surface area contributed by atoms with Crippen molar-refractivity contribution >= 4 is 18.1 Å². The van der Waals surface area contributed by atoms with Crippen LogP contribution in [0.2, 0.25) is 0 Å². The Labute approximate surface area is 137 Å². The molecule has 2 rings (SSSR count). The van der Waals surface area contributed by atoms with Gasteiger partial charge in [-0.1, -0.05) is 48.5 Å². The van der Waals surface area contributed by atoms with E-state index in [4.69, 9.17) is 4.74 Å². The van der Waals surface area contributed by atoms with Crippen molar-refractivity contribution in [3.05, 3.63) is 82.9 Å². The average molecular weight is 332 g/mol. The molecule has 0 fully saturated rings. The first kappa shape index (κ1) is 17.5. The lowest BCUT2D eigenvalue weighted by molar-refractivity contribution is -0.137. The number of alkyl halides is 3. The number of hydrogen-bond acceptors (Lipinski definition) is 2. The minimum atomic E-state index is -4.37. The highest BCUT2D eigenvalue weighted by molar-refractivity contribution is 5.97. The maximum absolute atomic E-state index is 12.5. The third-order valence-corrected chi connectivity index (χ3v) is 3.24. The Morgan fingerprint density at radius 2 is 1.58 bits per heavy atom. The van der Waals surface area contributed by atoms with Gasteiger partial charge in [0.2, 0.25) is 0 Å². The molecule has 0 amide bonds. The second-order valence-electron chi connectivity index (χ2n) is 4.96. The lowest BCUT2D eigenvalue weighted by atomic mass is 10.1. The van der Waals surface area contributed by atoms with Crippen LogP contribution in [0.3, 0.4) is 0 Å². The lowest BCUT2D eigenvalue weighted by Crippen LogP contribution is -2.04. The van der Waals surface area contributed by atoms with Crippen molar-refractivity contribution in [2.75, 3.05) is 7.11 Å². The molecule has 0 aliphatic carbocycles. The van der Waals surface area contributed by atoms with Crippen molar-refractivity contribution < 1.29 is 22.7 Å². The van der Waals surface area contributed by atoms with Crippen LogP contribution in [0, 0.1) is 0 Å². The quantitative estimate of drug-likeness (QED) is 0.449. The van der Waals surface area contributed by atoms with Crippen molar-refractivity contribution in [2.24, 2.45) is 0 Å². The monoisotopic (exact) mass is 332 g/mol. The third-order valence-electron chi connectivity index (χ3n) is 3.24. The number of methoxy groups -OCH3 is 1. The zero-order valence-electron chi connectivity index (χ0n) is 12.9. The molecule has 124 valence electrons. The highest BCUT2D eigenvalue weighted by Crippen LogP contribution is 2.29. The van der Waals surface area contributed by atoms with Crippen molar-refractivity contribution in [1.29, 1.82) is 0 Å². The van der Waals surface area contributed by atoms with Gasteiger partial charge < -0.3 is 4.74 Å². The van der Waals surface area contributed by atoms with E-state index in [2.05, 4.69) is 0 Å². The van der Waals surface area contributed by atoms with Crippen LogP contribution in [0.4, 0.5) is 13.2 Å². The van der Waals surface area contributed by atoms with Crippen LogP contribution in [-0.4, -0.2) is 13.1 Å².